The lowest BCUT2D eigenvalue weighted by atomic mass is 9.68. The van der Waals surface area contributed by atoms with Crippen LogP contribution in [0.25, 0.3) is 0 Å². The minimum Gasteiger partial charge on any atom is -0.324 e. The average molecular weight is 421 g/mol. The highest BCUT2D eigenvalue weighted by atomic mass is 32.2. The Hall–Kier alpha value is -2.60. The van der Waals surface area contributed by atoms with Crippen molar-refractivity contribution in [3.8, 4) is 0 Å². The first-order valence-electron chi connectivity index (χ1n) is 10.2. The van der Waals surface area contributed by atoms with Crippen LogP contribution in [0.3, 0.4) is 0 Å². The Morgan fingerprint density at radius 1 is 1.10 bits per heavy atom. The fourth-order valence-corrected chi connectivity index (χ4v) is 5.68. The molecule has 4 rings (SSSR count). The fraction of sp³-hybridized carbons (Fsp3) is 0.375. The number of rotatable bonds is 4. The normalized spacial score (nSPS) is 20.7. The molecule has 1 atom stereocenters. The molecule has 1 aliphatic heterocycles. The van der Waals surface area contributed by atoms with Crippen molar-refractivity contribution < 1.29 is 4.79 Å². The number of benzene rings is 2. The highest BCUT2D eigenvalue weighted by Gasteiger charge is 2.46. The Labute approximate surface area is 182 Å². The Bertz CT molecular complexity index is 1080. The van der Waals surface area contributed by atoms with Crippen LogP contribution in [0.4, 0.5) is 0 Å². The van der Waals surface area contributed by atoms with Crippen molar-refractivity contribution in [2.75, 3.05) is 5.88 Å². The van der Waals surface area contributed by atoms with Gasteiger partial charge in [-0.3, -0.25) is 4.79 Å². The van der Waals surface area contributed by atoms with Crippen LogP contribution in [0.15, 0.2) is 60.0 Å². The van der Waals surface area contributed by atoms with Gasteiger partial charge in [-0.15, -0.1) is 10.2 Å². The molecule has 5 nitrogen and oxygen atoms in total. The zero-order valence-electron chi connectivity index (χ0n) is 18.2. The topological polar surface area (TPSA) is 51.0 Å². The maximum Gasteiger partial charge on any atom is 0.255 e. The number of carbonyl (C=O) groups excluding carboxylic acids is 1. The highest BCUT2D eigenvalue weighted by Crippen LogP contribution is 2.46. The summed E-state index contributed by atoms with van der Waals surface area (Å²) in [7, 11) is 1.92. The smallest absolute Gasteiger partial charge is 0.255 e. The molecule has 0 radical (unpaired) electrons. The lowest BCUT2D eigenvalue weighted by Crippen LogP contribution is -2.48. The number of amides is 1. The summed E-state index contributed by atoms with van der Waals surface area (Å²) in [5.74, 6) is 0.601. The standard InChI is InChI=1S/C24H28N4OS/c1-17-11-12-20-19(13-17)21(29)28(16-30-22-26-25-15-27(22)5)23(2,3)14-24(20,4)18-9-7-6-8-10-18/h6-13,15H,14,16H2,1-5H3. The van der Waals surface area contributed by atoms with Crippen molar-refractivity contribution in [3.05, 3.63) is 77.1 Å². The molecule has 1 aromatic heterocycles. The van der Waals surface area contributed by atoms with Gasteiger partial charge in [0, 0.05) is 23.6 Å². The van der Waals surface area contributed by atoms with E-state index in [-0.39, 0.29) is 16.9 Å². The van der Waals surface area contributed by atoms with Gasteiger partial charge in [-0.05, 0) is 44.4 Å². The summed E-state index contributed by atoms with van der Waals surface area (Å²) >= 11 is 1.54. The number of hydrogen-bond donors (Lipinski definition) is 0. The number of thioether (sulfide) groups is 1. The molecule has 156 valence electrons. The number of fused-ring (bicyclic) bond motifs is 1. The minimum atomic E-state index is -0.347. The van der Waals surface area contributed by atoms with E-state index in [2.05, 4.69) is 67.4 Å². The molecular formula is C24H28N4OS. The van der Waals surface area contributed by atoms with Crippen molar-refractivity contribution in [3.63, 3.8) is 0 Å². The van der Waals surface area contributed by atoms with Gasteiger partial charge in [0.05, 0.1) is 5.88 Å². The van der Waals surface area contributed by atoms with Crippen molar-refractivity contribution in [2.45, 2.75) is 50.2 Å². The highest BCUT2D eigenvalue weighted by molar-refractivity contribution is 7.99. The molecule has 1 aliphatic rings. The summed E-state index contributed by atoms with van der Waals surface area (Å²) in [5, 5.41) is 8.93. The van der Waals surface area contributed by atoms with E-state index in [4.69, 9.17) is 0 Å². The predicted octanol–water partition coefficient (Wildman–Crippen LogP) is 4.80. The molecule has 0 saturated carbocycles. The van der Waals surface area contributed by atoms with Crippen LogP contribution in [0.2, 0.25) is 0 Å². The Kier molecular flexibility index (Phi) is 5.22. The lowest BCUT2D eigenvalue weighted by Gasteiger charge is -2.41. The second-order valence-corrected chi connectivity index (χ2v) is 9.88. The van der Waals surface area contributed by atoms with Crippen LogP contribution in [0.1, 0.15) is 54.2 Å². The molecule has 3 aromatic rings. The first-order chi connectivity index (χ1) is 14.2. The quantitative estimate of drug-likeness (QED) is 0.569. The number of aromatic nitrogens is 3. The van der Waals surface area contributed by atoms with E-state index in [1.807, 2.05) is 35.6 Å². The monoisotopic (exact) mass is 420 g/mol. The predicted molar refractivity (Wildman–Crippen MR) is 121 cm³/mol. The molecule has 30 heavy (non-hydrogen) atoms. The minimum absolute atomic E-state index is 0.0769. The van der Waals surface area contributed by atoms with E-state index in [0.29, 0.717) is 5.88 Å². The van der Waals surface area contributed by atoms with Gasteiger partial charge in [-0.25, -0.2) is 0 Å². The fourth-order valence-electron chi connectivity index (χ4n) is 4.61. The van der Waals surface area contributed by atoms with E-state index in [1.54, 1.807) is 18.1 Å². The first-order valence-corrected chi connectivity index (χ1v) is 11.2. The summed E-state index contributed by atoms with van der Waals surface area (Å²) in [6.45, 7) is 8.65. The van der Waals surface area contributed by atoms with Gasteiger partial charge >= 0.3 is 0 Å². The van der Waals surface area contributed by atoms with Gasteiger partial charge in [0.1, 0.15) is 6.33 Å². The number of carbonyl (C=O) groups is 1. The molecule has 0 spiro atoms. The van der Waals surface area contributed by atoms with Crippen molar-refractivity contribution in [1.82, 2.24) is 19.7 Å². The Morgan fingerprint density at radius 2 is 1.83 bits per heavy atom. The van der Waals surface area contributed by atoms with E-state index in [1.165, 1.54) is 5.56 Å². The Morgan fingerprint density at radius 3 is 2.50 bits per heavy atom. The summed E-state index contributed by atoms with van der Waals surface area (Å²) < 4.78 is 1.88. The molecule has 0 saturated heterocycles. The van der Waals surface area contributed by atoms with Crippen LogP contribution < -0.4 is 0 Å². The molecule has 2 aromatic carbocycles. The van der Waals surface area contributed by atoms with Gasteiger partial charge in [0.15, 0.2) is 5.16 Å². The largest absolute Gasteiger partial charge is 0.324 e. The maximum atomic E-state index is 13.8. The molecule has 0 N–H and O–H groups in total. The molecule has 0 aliphatic carbocycles. The van der Waals surface area contributed by atoms with Gasteiger partial charge in [0.2, 0.25) is 0 Å². The second kappa shape index (κ2) is 7.58. The van der Waals surface area contributed by atoms with Crippen molar-refractivity contribution in [1.29, 1.82) is 0 Å². The zero-order valence-corrected chi connectivity index (χ0v) is 19.0. The van der Waals surface area contributed by atoms with Gasteiger partial charge in [-0.2, -0.15) is 0 Å². The van der Waals surface area contributed by atoms with Crippen LogP contribution >= 0.6 is 11.8 Å². The summed E-state index contributed by atoms with van der Waals surface area (Å²) in [6, 6.07) is 16.9. The molecule has 1 amide bonds. The summed E-state index contributed by atoms with van der Waals surface area (Å²) in [6.07, 6.45) is 2.51. The van der Waals surface area contributed by atoms with E-state index >= 15 is 0 Å². The van der Waals surface area contributed by atoms with Crippen LogP contribution in [0, 0.1) is 6.92 Å². The molecule has 2 heterocycles. The zero-order chi connectivity index (χ0) is 21.5. The molecule has 0 fully saturated rings. The Balaban J connectivity index is 1.81. The number of aryl methyl sites for hydroxylation is 2. The first kappa shape index (κ1) is 20.7. The van der Waals surface area contributed by atoms with E-state index in [9.17, 15) is 4.79 Å². The molecular weight excluding hydrogens is 392 g/mol. The SMILES string of the molecule is Cc1ccc2c(c1)C(=O)N(CSc1nncn1C)C(C)(C)CC2(C)c1ccccc1. The van der Waals surface area contributed by atoms with E-state index in [0.717, 1.165) is 28.3 Å². The molecule has 6 heteroatoms. The number of hydrogen-bond acceptors (Lipinski definition) is 4. The lowest BCUT2D eigenvalue weighted by molar-refractivity contribution is 0.0588. The second-order valence-electron chi connectivity index (χ2n) is 8.97. The van der Waals surface area contributed by atoms with Gasteiger partial charge in [0.25, 0.3) is 5.91 Å². The maximum absolute atomic E-state index is 13.8. The van der Waals surface area contributed by atoms with Gasteiger partial charge < -0.3 is 9.47 Å². The van der Waals surface area contributed by atoms with Crippen LogP contribution in [-0.4, -0.2) is 37.0 Å². The molecule has 0 bridgehead atoms. The average Bonchev–Trinajstić information content (AvgIpc) is 3.10. The van der Waals surface area contributed by atoms with E-state index < -0.39 is 0 Å². The van der Waals surface area contributed by atoms with Crippen molar-refractivity contribution in [2.24, 2.45) is 7.05 Å². The molecule has 1 unspecified atom stereocenters. The van der Waals surface area contributed by atoms with Gasteiger partial charge in [-0.1, -0.05) is 66.7 Å². The van der Waals surface area contributed by atoms with Crippen molar-refractivity contribution >= 4 is 17.7 Å². The third-order valence-corrected chi connectivity index (χ3v) is 7.18. The number of nitrogens with zero attached hydrogens (tertiary/aromatic N) is 4. The summed E-state index contributed by atoms with van der Waals surface area (Å²) in [5.41, 5.74) is 3.61. The van der Waals surface area contributed by atoms with Crippen LogP contribution in [-0.2, 0) is 12.5 Å². The summed E-state index contributed by atoms with van der Waals surface area (Å²) in [4.78, 5) is 15.8. The third-order valence-electron chi connectivity index (χ3n) is 6.17. The van der Waals surface area contributed by atoms with Crippen LogP contribution in [0.5, 0.6) is 0 Å². The third kappa shape index (κ3) is 3.54.